The normalized spacial score (nSPS) is 11.9. The zero-order valence-corrected chi connectivity index (χ0v) is 16.5. The second-order valence-electron chi connectivity index (χ2n) is 4.98. The van der Waals surface area contributed by atoms with Crippen molar-refractivity contribution in [1.29, 1.82) is 0 Å². The first kappa shape index (κ1) is 15.9. The van der Waals surface area contributed by atoms with Gasteiger partial charge in [-0.15, -0.1) is 11.3 Å². The second-order valence-corrected chi connectivity index (χ2v) is 8.93. The van der Waals surface area contributed by atoms with Gasteiger partial charge in [0.25, 0.3) is 0 Å². The molecule has 0 radical (unpaired) electrons. The van der Waals surface area contributed by atoms with Gasteiger partial charge in [-0.1, -0.05) is 44.0 Å². The van der Waals surface area contributed by atoms with Gasteiger partial charge in [-0.05, 0) is 44.6 Å². The van der Waals surface area contributed by atoms with Gasteiger partial charge in [0.2, 0.25) is 0 Å². The van der Waals surface area contributed by atoms with Crippen LogP contribution in [0.4, 0.5) is 0 Å². The van der Waals surface area contributed by atoms with Crippen molar-refractivity contribution in [2.45, 2.75) is 26.2 Å². The lowest BCUT2D eigenvalue weighted by Crippen LogP contribution is -2.17. The molecule has 2 heterocycles. The fourth-order valence-corrected chi connectivity index (χ4v) is 4.34. The van der Waals surface area contributed by atoms with Gasteiger partial charge in [0.1, 0.15) is 9.49 Å². The molecule has 0 fully saturated rings. The van der Waals surface area contributed by atoms with E-state index in [1.54, 1.807) is 0 Å². The smallest absolute Gasteiger partial charge is 0.171 e. The Hall–Kier alpha value is 0.570. The highest BCUT2D eigenvalue weighted by molar-refractivity contribution is 14.1. The minimum absolute atomic E-state index is 0.0872. The summed E-state index contributed by atoms with van der Waals surface area (Å²) >= 11 is 19.3. The number of nitrogens with zero attached hydrogens (tertiary/aromatic N) is 2. The van der Waals surface area contributed by atoms with E-state index in [1.807, 2.05) is 6.07 Å². The van der Waals surface area contributed by atoms with Gasteiger partial charge >= 0.3 is 0 Å². The maximum absolute atomic E-state index is 6.22. The van der Waals surface area contributed by atoms with Crippen LogP contribution >= 0.6 is 73.1 Å². The Labute approximate surface area is 148 Å². The third-order valence-corrected chi connectivity index (χ3v) is 6.47. The molecule has 0 saturated carbocycles. The van der Waals surface area contributed by atoms with Crippen molar-refractivity contribution < 1.29 is 0 Å². The molecule has 2 rings (SSSR count). The Kier molecular flexibility index (Phi) is 4.83. The van der Waals surface area contributed by atoms with Gasteiger partial charge in [-0.25, -0.2) is 9.97 Å². The minimum atomic E-state index is -0.0872. The molecule has 0 bridgehead atoms. The van der Waals surface area contributed by atoms with Gasteiger partial charge in [-0.2, -0.15) is 0 Å². The molecule has 0 N–H and O–H groups in total. The maximum Gasteiger partial charge on any atom is 0.171 e. The molecule has 2 aromatic rings. The van der Waals surface area contributed by atoms with Gasteiger partial charge in [-0.3, -0.25) is 0 Å². The average molecular weight is 492 g/mol. The van der Waals surface area contributed by atoms with Crippen LogP contribution in [0.1, 0.15) is 26.5 Å². The lowest BCUT2D eigenvalue weighted by Gasteiger charge is -2.20. The first-order valence-electron chi connectivity index (χ1n) is 5.39. The third-order valence-electron chi connectivity index (χ3n) is 2.39. The van der Waals surface area contributed by atoms with E-state index >= 15 is 0 Å². The highest BCUT2D eigenvalue weighted by Crippen LogP contribution is 2.38. The van der Waals surface area contributed by atoms with E-state index in [9.17, 15) is 0 Å². The number of hydrogen-bond acceptors (Lipinski definition) is 3. The van der Waals surface area contributed by atoms with Gasteiger partial charge in [0.15, 0.2) is 5.82 Å². The molecule has 19 heavy (non-hydrogen) atoms. The molecule has 0 amide bonds. The molecule has 0 unspecified atom stereocenters. The summed E-state index contributed by atoms with van der Waals surface area (Å²) in [5.74, 6) is 0.618. The molecular weight excluding hydrogens is 482 g/mol. The molecule has 0 atom stereocenters. The standard InChI is InChI=1S/C12H10BrCl2IN2S/c1-12(2,3)8-7(16)9(14)18-11(17-8)6-4-5(13)10(15)19-6/h4H,1-3H3. The molecular formula is C12H10BrCl2IN2S. The van der Waals surface area contributed by atoms with Crippen LogP contribution in [0, 0.1) is 3.57 Å². The highest BCUT2D eigenvalue weighted by atomic mass is 127. The summed E-state index contributed by atoms with van der Waals surface area (Å²) in [7, 11) is 0. The molecule has 7 heteroatoms. The van der Waals surface area contributed by atoms with Crippen molar-refractivity contribution in [1.82, 2.24) is 9.97 Å². The van der Waals surface area contributed by atoms with Crippen molar-refractivity contribution in [2.24, 2.45) is 0 Å². The van der Waals surface area contributed by atoms with Crippen LogP contribution in [-0.2, 0) is 5.41 Å². The number of aromatic nitrogens is 2. The fourth-order valence-electron chi connectivity index (χ4n) is 1.48. The third kappa shape index (κ3) is 3.43. The summed E-state index contributed by atoms with van der Waals surface area (Å²) in [6, 6.07) is 1.91. The van der Waals surface area contributed by atoms with E-state index in [0.29, 0.717) is 15.3 Å². The summed E-state index contributed by atoms with van der Waals surface area (Å²) in [6.45, 7) is 6.32. The summed E-state index contributed by atoms with van der Waals surface area (Å²) in [6.07, 6.45) is 0. The number of thiophene rings is 1. The maximum atomic E-state index is 6.22. The van der Waals surface area contributed by atoms with Crippen molar-refractivity contribution in [2.75, 3.05) is 0 Å². The Morgan fingerprint density at radius 1 is 1.26 bits per heavy atom. The minimum Gasteiger partial charge on any atom is -0.231 e. The summed E-state index contributed by atoms with van der Waals surface area (Å²) in [4.78, 5) is 9.91. The quantitative estimate of drug-likeness (QED) is 0.352. The lowest BCUT2D eigenvalue weighted by molar-refractivity contribution is 0.564. The first-order chi connectivity index (χ1) is 8.70. The largest absolute Gasteiger partial charge is 0.231 e. The van der Waals surface area contributed by atoms with E-state index in [0.717, 1.165) is 18.6 Å². The van der Waals surface area contributed by atoms with Crippen LogP contribution in [-0.4, -0.2) is 9.97 Å². The molecule has 0 aliphatic carbocycles. The van der Waals surface area contributed by atoms with Crippen molar-refractivity contribution >= 4 is 73.1 Å². The summed E-state index contributed by atoms with van der Waals surface area (Å²) < 4.78 is 2.44. The monoisotopic (exact) mass is 490 g/mol. The topological polar surface area (TPSA) is 25.8 Å². The predicted molar refractivity (Wildman–Crippen MR) is 94.5 cm³/mol. The van der Waals surface area contributed by atoms with Gasteiger partial charge in [0.05, 0.1) is 14.1 Å². The first-order valence-corrected chi connectivity index (χ1v) is 8.83. The van der Waals surface area contributed by atoms with E-state index < -0.39 is 0 Å². The van der Waals surface area contributed by atoms with Crippen LogP contribution in [0.2, 0.25) is 9.49 Å². The molecule has 0 aliphatic rings. The fraction of sp³-hybridized carbons (Fsp3) is 0.333. The van der Waals surface area contributed by atoms with Crippen LogP contribution < -0.4 is 0 Å². The van der Waals surface area contributed by atoms with Gasteiger partial charge < -0.3 is 0 Å². The molecule has 0 spiro atoms. The van der Waals surface area contributed by atoms with Gasteiger partial charge in [0, 0.05) is 9.89 Å². The molecule has 2 aromatic heterocycles. The molecule has 0 saturated heterocycles. The van der Waals surface area contributed by atoms with E-state index in [2.05, 4.69) is 69.3 Å². The Morgan fingerprint density at radius 2 is 1.89 bits per heavy atom. The molecule has 0 aromatic carbocycles. The molecule has 102 valence electrons. The Bertz CT molecular complexity index is 618. The van der Waals surface area contributed by atoms with E-state index in [4.69, 9.17) is 23.2 Å². The zero-order chi connectivity index (χ0) is 14.4. The predicted octanol–water partition coefficient (Wildman–Crippen LogP) is 6.18. The van der Waals surface area contributed by atoms with E-state index in [1.165, 1.54) is 11.3 Å². The lowest BCUT2D eigenvalue weighted by atomic mass is 9.92. The highest BCUT2D eigenvalue weighted by Gasteiger charge is 2.23. The van der Waals surface area contributed by atoms with Crippen molar-refractivity contribution in [3.63, 3.8) is 0 Å². The van der Waals surface area contributed by atoms with Crippen LogP contribution in [0.3, 0.4) is 0 Å². The Morgan fingerprint density at radius 3 is 2.37 bits per heavy atom. The number of halogens is 4. The van der Waals surface area contributed by atoms with Crippen LogP contribution in [0.25, 0.3) is 10.7 Å². The Balaban J connectivity index is 2.63. The SMILES string of the molecule is CC(C)(C)c1nc(-c2cc(Br)c(Cl)s2)nc(Cl)c1I. The molecule has 0 aliphatic heterocycles. The van der Waals surface area contributed by atoms with Crippen LogP contribution in [0.15, 0.2) is 10.5 Å². The second kappa shape index (κ2) is 5.75. The van der Waals surface area contributed by atoms with Crippen molar-refractivity contribution in [3.8, 4) is 10.7 Å². The summed E-state index contributed by atoms with van der Waals surface area (Å²) in [5, 5.41) is 0.483. The number of hydrogen-bond donors (Lipinski definition) is 0. The number of rotatable bonds is 1. The zero-order valence-electron chi connectivity index (χ0n) is 10.4. The van der Waals surface area contributed by atoms with Crippen molar-refractivity contribution in [3.05, 3.63) is 29.3 Å². The van der Waals surface area contributed by atoms with Crippen LogP contribution in [0.5, 0.6) is 0 Å². The average Bonchev–Trinajstić information content (AvgIpc) is 2.61. The molecule has 2 nitrogen and oxygen atoms in total. The van der Waals surface area contributed by atoms with E-state index in [-0.39, 0.29) is 5.41 Å². The summed E-state index contributed by atoms with van der Waals surface area (Å²) in [5.41, 5.74) is 0.861.